The largest absolute Gasteiger partial charge is 0.102 e. The molecule has 0 nitrogen and oxygen atoms in total. The van der Waals surface area contributed by atoms with Gasteiger partial charge in [-0.05, 0) is 23.6 Å². The summed E-state index contributed by atoms with van der Waals surface area (Å²) in [6.45, 7) is 11.8. The molecule has 0 atom stereocenters. The van der Waals surface area contributed by atoms with Crippen LogP contribution in [0.15, 0.2) is 37.4 Å². The Labute approximate surface area is 80.6 Å². The highest BCUT2D eigenvalue weighted by atomic mass is 14.1. The number of aryl methyl sites for hydroxylation is 1. The second-order valence-corrected chi connectivity index (χ2v) is 3.13. The Morgan fingerprint density at radius 3 is 2.54 bits per heavy atom. The Morgan fingerprint density at radius 2 is 2.00 bits per heavy atom. The van der Waals surface area contributed by atoms with E-state index >= 15 is 0 Å². The van der Waals surface area contributed by atoms with Crippen molar-refractivity contribution in [2.24, 2.45) is 0 Å². The van der Waals surface area contributed by atoms with Gasteiger partial charge in [-0.1, -0.05) is 43.9 Å². The molecule has 0 bridgehead atoms. The van der Waals surface area contributed by atoms with Crippen molar-refractivity contribution >= 4 is 6.08 Å². The lowest BCUT2D eigenvalue weighted by Gasteiger charge is -2.11. The number of hydrogen-bond donors (Lipinski definition) is 0. The molecule has 0 amide bonds. The van der Waals surface area contributed by atoms with Gasteiger partial charge in [0.2, 0.25) is 0 Å². The minimum atomic E-state index is 1.19. The minimum Gasteiger partial charge on any atom is -0.102 e. The van der Waals surface area contributed by atoms with E-state index < -0.39 is 0 Å². The molecule has 0 fully saturated rings. The van der Waals surface area contributed by atoms with Crippen LogP contribution in [-0.4, -0.2) is 0 Å². The third-order valence-electron chi connectivity index (χ3n) is 2.26. The zero-order chi connectivity index (χ0) is 9.84. The molecule has 1 aromatic carbocycles. The lowest BCUT2D eigenvalue weighted by Crippen LogP contribution is -1.95. The monoisotopic (exact) mass is 171 g/mol. The van der Waals surface area contributed by atoms with E-state index in [-0.39, 0.29) is 0 Å². The summed E-state index contributed by atoms with van der Waals surface area (Å²) >= 11 is 0. The summed E-state index contributed by atoms with van der Waals surface area (Å²) in [6, 6.07) is 6.25. The van der Waals surface area contributed by atoms with E-state index in [9.17, 15) is 0 Å². The molecule has 1 rings (SSSR count). The standard InChI is InChI=1S/C13H15/c1-5-10(3)13-9-7-8-11(4)12(13)6-2/h5-9H,1-2H2,3-4H3. The average molecular weight is 171 g/mol. The van der Waals surface area contributed by atoms with E-state index in [4.69, 9.17) is 0 Å². The molecule has 0 aliphatic rings. The molecule has 13 heavy (non-hydrogen) atoms. The molecular weight excluding hydrogens is 156 g/mol. The maximum absolute atomic E-state index is 3.82. The lowest BCUT2D eigenvalue weighted by atomic mass is 9.93. The van der Waals surface area contributed by atoms with Gasteiger partial charge >= 0.3 is 0 Å². The predicted octanol–water partition coefficient (Wildman–Crippen LogP) is 3.77. The highest BCUT2D eigenvalue weighted by Crippen LogP contribution is 2.23. The van der Waals surface area contributed by atoms with Crippen LogP contribution in [0.1, 0.15) is 23.6 Å². The normalized spacial score (nSPS) is 10.1. The summed E-state index contributed by atoms with van der Waals surface area (Å²) < 4.78 is 0. The van der Waals surface area contributed by atoms with Crippen LogP contribution in [0.2, 0.25) is 0 Å². The zero-order valence-corrected chi connectivity index (χ0v) is 8.30. The molecule has 0 saturated carbocycles. The third-order valence-corrected chi connectivity index (χ3v) is 2.26. The fourth-order valence-corrected chi connectivity index (χ4v) is 1.41. The molecular formula is C13H15. The fourth-order valence-electron chi connectivity index (χ4n) is 1.41. The van der Waals surface area contributed by atoms with Gasteiger partial charge in [-0.2, -0.15) is 0 Å². The SMILES string of the molecule is C=C[C](C)c1cccc(C)c1C=C. The smallest absolute Gasteiger partial charge is 0.0236 e. The molecule has 0 N–H and O–H groups in total. The first-order valence-electron chi connectivity index (χ1n) is 4.39. The number of benzene rings is 1. The van der Waals surface area contributed by atoms with Gasteiger partial charge in [0.25, 0.3) is 0 Å². The first-order chi connectivity index (χ1) is 6.20. The van der Waals surface area contributed by atoms with Crippen LogP contribution in [0.4, 0.5) is 0 Å². The zero-order valence-electron chi connectivity index (χ0n) is 8.30. The Balaban J connectivity index is 3.27. The molecule has 0 aromatic heterocycles. The average Bonchev–Trinajstić information content (AvgIpc) is 2.16. The van der Waals surface area contributed by atoms with Gasteiger partial charge in [-0.25, -0.2) is 0 Å². The summed E-state index contributed by atoms with van der Waals surface area (Å²) in [5.41, 5.74) is 3.69. The molecule has 1 aromatic rings. The van der Waals surface area contributed by atoms with E-state index in [0.29, 0.717) is 0 Å². The van der Waals surface area contributed by atoms with Crippen LogP contribution < -0.4 is 0 Å². The Hall–Kier alpha value is -1.30. The summed E-state index contributed by atoms with van der Waals surface area (Å²) in [6.07, 6.45) is 3.78. The second kappa shape index (κ2) is 4.08. The highest BCUT2D eigenvalue weighted by molar-refractivity contribution is 5.60. The van der Waals surface area contributed by atoms with Crippen molar-refractivity contribution in [3.8, 4) is 0 Å². The van der Waals surface area contributed by atoms with Gasteiger partial charge in [-0.3, -0.25) is 0 Å². The van der Waals surface area contributed by atoms with Gasteiger partial charge in [0.1, 0.15) is 0 Å². The molecule has 0 unspecified atom stereocenters. The molecule has 67 valence electrons. The van der Waals surface area contributed by atoms with E-state index in [1.807, 2.05) is 12.2 Å². The van der Waals surface area contributed by atoms with Gasteiger partial charge in [-0.15, -0.1) is 6.58 Å². The van der Waals surface area contributed by atoms with Crippen molar-refractivity contribution in [2.75, 3.05) is 0 Å². The Morgan fingerprint density at radius 1 is 1.31 bits per heavy atom. The van der Waals surface area contributed by atoms with Crippen molar-refractivity contribution in [1.29, 1.82) is 0 Å². The predicted molar refractivity (Wildman–Crippen MR) is 59.5 cm³/mol. The molecule has 0 saturated heterocycles. The van der Waals surface area contributed by atoms with Gasteiger partial charge in [0, 0.05) is 5.92 Å². The van der Waals surface area contributed by atoms with E-state index in [1.54, 1.807) is 0 Å². The van der Waals surface area contributed by atoms with E-state index in [2.05, 4.69) is 45.2 Å². The first-order valence-corrected chi connectivity index (χ1v) is 4.39. The molecule has 0 aliphatic heterocycles. The van der Waals surface area contributed by atoms with Crippen LogP contribution in [0.25, 0.3) is 6.08 Å². The van der Waals surface area contributed by atoms with Crippen LogP contribution >= 0.6 is 0 Å². The van der Waals surface area contributed by atoms with Gasteiger partial charge in [0.05, 0.1) is 0 Å². The Bertz CT molecular complexity index is 321. The van der Waals surface area contributed by atoms with E-state index in [1.165, 1.54) is 22.6 Å². The number of rotatable bonds is 3. The van der Waals surface area contributed by atoms with Crippen molar-refractivity contribution in [3.05, 3.63) is 60.0 Å². The number of hydrogen-bond acceptors (Lipinski definition) is 0. The molecule has 1 radical (unpaired) electrons. The summed E-state index contributed by atoms with van der Waals surface area (Å²) in [7, 11) is 0. The first kappa shape index (κ1) is 9.79. The Kier molecular flexibility index (Phi) is 3.07. The van der Waals surface area contributed by atoms with Crippen molar-refractivity contribution in [2.45, 2.75) is 13.8 Å². The summed E-state index contributed by atoms with van der Waals surface area (Å²) in [5.74, 6) is 1.19. The molecule has 0 heterocycles. The van der Waals surface area contributed by atoms with Gasteiger partial charge < -0.3 is 0 Å². The maximum Gasteiger partial charge on any atom is 0.0236 e. The number of allylic oxidation sites excluding steroid dienone is 1. The van der Waals surface area contributed by atoms with Crippen molar-refractivity contribution in [1.82, 2.24) is 0 Å². The maximum atomic E-state index is 3.82. The van der Waals surface area contributed by atoms with Crippen LogP contribution in [0.5, 0.6) is 0 Å². The minimum absolute atomic E-state index is 1.19. The van der Waals surface area contributed by atoms with Crippen molar-refractivity contribution < 1.29 is 0 Å². The topological polar surface area (TPSA) is 0 Å². The van der Waals surface area contributed by atoms with Crippen LogP contribution in [0, 0.1) is 12.8 Å². The molecule has 0 heteroatoms. The molecule has 0 spiro atoms. The summed E-state index contributed by atoms with van der Waals surface area (Å²) in [4.78, 5) is 0. The van der Waals surface area contributed by atoms with E-state index in [0.717, 1.165) is 0 Å². The second-order valence-electron chi connectivity index (χ2n) is 3.13. The fraction of sp³-hybridized carbons (Fsp3) is 0.154. The summed E-state index contributed by atoms with van der Waals surface area (Å²) in [5, 5.41) is 0. The quantitative estimate of drug-likeness (QED) is 0.649. The lowest BCUT2D eigenvalue weighted by molar-refractivity contribution is 1.23. The third kappa shape index (κ3) is 1.89. The van der Waals surface area contributed by atoms with Crippen LogP contribution in [-0.2, 0) is 0 Å². The molecule has 0 aliphatic carbocycles. The van der Waals surface area contributed by atoms with Crippen LogP contribution in [0.3, 0.4) is 0 Å². The highest BCUT2D eigenvalue weighted by Gasteiger charge is 2.06. The van der Waals surface area contributed by atoms with Crippen molar-refractivity contribution in [3.63, 3.8) is 0 Å². The van der Waals surface area contributed by atoms with Gasteiger partial charge in [0.15, 0.2) is 0 Å².